The smallest absolute Gasteiger partial charge is 0.129 e. The summed E-state index contributed by atoms with van der Waals surface area (Å²) in [6.07, 6.45) is 5.11. The van der Waals surface area contributed by atoms with Crippen molar-refractivity contribution in [3.8, 4) is 0 Å². The molecule has 0 saturated heterocycles. The second kappa shape index (κ2) is 5.29. The number of imidazole rings is 1. The van der Waals surface area contributed by atoms with Gasteiger partial charge in [-0.05, 0) is 18.6 Å². The van der Waals surface area contributed by atoms with E-state index in [0.717, 1.165) is 17.9 Å². The van der Waals surface area contributed by atoms with Gasteiger partial charge in [-0.15, -0.1) is 0 Å². The monoisotopic (exact) mass is 251 g/mol. The maximum absolute atomic E-state index is 10.1. The first kappa shape index (κ1) is 12.1. The number of aliphatic hydroxyl groups excluding tert-OH is 1. The Hall–Kier alpha value is -1.39. The van der Waals surface area contributed by atoms with Gasteiger partial charge in [0.2, 0.25) is 0 Å². The average molecular weight is 252 g/mol. The minimum Gasteiger partial charge on any atom is -0.388 e. The third-order valence-corrected chi connectivity index (χ3v) is 2.88. The molecule has 5 heteroatoms. The normalized spacial score (nSPS) is 12.6. The van der Waals surface area contributed by atoms with Gasteiger partial charge in [0.15, 0.2) is 0 Å². The van der Waals surface area contributed by atoms with Gasteiger partial charge in [0, 0.05) is 31.6 Å². The van der Waals surface area contributed by atoms with Crippen LogP contribution in [0.4, 0.5) is 0 Å². The van der Waals surface area contributed by atoms with Crippen LogP contribution in [0.25, 0.3) is 0 Å². The van der Waals surface area contributed by atoms with Crippen LogP contribution < -0.4 is 0 Å². The highest BCUT2D eigenvalue weighted by Gasteiger charge is 2.12. The Kier molecular flexibility index (Phi) is 3.76. The number of aliphatic hydroxyl groups is 1. The number of pyridine rings is 1. The summed E-state index contributed by atoms with van der Waals surface area (Å²) in [4.78, 5) is 8.18. The molecule has 4 nitrogen and oxygen atoms in total. The predicted octanol–water partition coefficient (Wildman–Crippen LogP) is 2.23. The van der Waals surface area contributed by atoms with E-state index in [0.29, 0.717) is 11.6 Å². The Morgan fingerprint density at radius 1 is 1.41 bits per heavy atom. The predicted molar refractivity (Wildman–Crippen MR) is 65.8 cm³/mol. The average Bonchev–Trinajstić information content (AvgIpc) is 2.77. The van der Waals surface area contributed by atoms with Crippen molar-refractivity contribution in [1.82, 2.24) is 14.5 Å². The zero-order valence-corrected chi connectivity index (χ0v) is 10.3. The fraction of sp³-hybridized carbons (Fsp3) is 0.333. The van der Waals surface area contributed by atoms with E-state index >= 15 is 0 Å². The molecular weight excluding hydrogens is 238 g/mol. The van der Waals surface area contributed by atoms with Crippen molar-refractivity contribution >= 4 is 11.6 Å². The molecule has 0 amide bonds. The van der Waals surface area contributed by atoms with Gasteiger partial charge in [-0.2, -0.15) is 0 Å². The molecule has 2 aromatic heterocycles. The molecule has 2 aromatic rings. The minimum absolute atomic E-state index is 0.427. The molecule has 2 heterocycles. The van der Waals surface area contributed by atoms with Crippen molar-refractivity contribution in [2.75, 3.05) is 0 Å². The largest absolute Gasteiger partial charge is 0.388 e. The van der Waals surface area contributed by atoms with Crippen LogP contribution in [-0.4, -0.2) is 19.6 Å². The van der Waals surface area contributed by atoms with Gasteiger partial charge in [-0.1, -0.05) is 17.7 Å². The Morgan fingerprint density at radius 2 is 2.24 bits per heavy atom. The highest BCUT2D eigenvalue weighted by molar-refractivity contribution is 6.29. The molecule has 0 radical (unpaired) electrons. The summed E-state index contributed by atoms with van der Waals surface area (Å²) in [7, 11) is 0. The van der Waals surface area contributed by atoms with Gasteiger partial charge in [0.1, 0.15) is 11.0 Å². The Bertz CT molecular complexity index is 481. The molecule has 0 aromatic carbocycles. The quantitative estimate of drug-likeness (QED) is 0.848. The number of aromatic nitrogens is 3. The van der Waals surface area contributed by atoms with E-state index < -0.39 is 6.10 Å². The molecule has 90 valence electrons. The first-order valence-electron chi connectivity index (χ1n) is 5.50. The SMILES string of the molecule is CCn1ccnc1CC(O)c1ccc(Cl)nc1. The third-order valence-electron chi connectivity index (χ3n) is 2.65. The lowest BCUT2D eigenvalue weighted by atomic mass is 10.1. The van der Waals surface area contributed by atoms with Crippen molar-refractivity contribution in [1.29, 1.82) is 0 Å². The fourth-order valence-corrected chi connectivity index (χ4v) is 1.80. The van der Waals surface area contributed by atoms with Gasteiger partial charge in [-0.25, -0.2) is 9.97 Å². The third kappa shape index (κ3) is 2.84. The summed E-state index contributed by atoms with van der Waals surface area (Å²) in [5.74, 6) is 0.870. The molecule has 0 aliphatic heterocycles. The second-order valence-corrected chi connectivity index (χ2v) is 4.15. The van der Waals surface area contributed by atoms with Crippen molar-refractivity contribution in [2.24, 2.45) is 0 Å². The molecule has 1 N–H and O–H groups in total. The summed E-state index contributed by atoms with van der Waals surface area (Å²) >= 11 is 5.70. The molecule has 1 unspecified atom stereocenters. The zero-order valence-electron chi connectivity index (χ0n) is 9.55. The molecule has 0 bridgehead atoms. The van der Waals surface area contributed by atoms with Crippen LogP contribution >= 0.6 is 11.6 Å². The lowest BCUT2D eigenvalue weighted by Gasteiger charge is -2.11. The summed E-state index contributed by atoms with van der Waals surface area (Å²) in [5.41, 5.74) is 0.750. The Balaban J connectivity index is 2.11. The molecule has 0 aliphatic rings. The molecule has 0 saturated carbocycles. The van der Waals surface area contributed by atoms with Crippen LogP contribution in [-0.2, 0) is 13.0 Å². The van der Waals surface area contributed by atoms with Gasteiger partial charge in [0.05, 0.1) is 6.10 Å². The van der Waals surface area contributed by atoms with E-state index in [1.165, 1.54) is 0 Å². The lowest BCUT2D eigenvalue weighted by molar-refractivity contribution is 0.174. The fourth-order valence-electron chi connectivity index (χ4n) is 1.69. The van der Waals surface area contributed by atoms with Crippen LogP contribution in [0.3, 0.4) is 0 Å². The van der Waals surface area contributed by atoms with E-state index in [9.17, 15) is 5.11 Å². The summed E-state index contributed by atoms with van der Waals surface area (Å²) in [6, 6.07) is 3.45. The van der Waals surface area contributed by atoms with E-state index in [-0.39, 0.29) is 0 Å². The first-order chi connectivity index (χ1) is 8.20. The van der Waals surface area contributed by atoms with E-state index in [1.54, 1.807) is 24.5 Å². The highest BCUT2D eigenvalue weighted by atomic mass is 35.5. The van der Waals surface area contributed by atoms with Crippen LogP contribution in [0.5, 0.6) is 0 Å². The maximum atomic E-state index is 10.1. The standard InChI is InChI=1S/C12H14ClN3O/c1-2-16-6-5-14-12(16)7-10(17)9-3-4-11(13)15-8-9/h3-6,8,10,17H,2,7H2,1H3. The van der Waals surface area contributed by atoms with Crippen molar-refractivity contribution in [3.63, 3.8) is 0 Å². The van der Waals surface area contributed by atoms with E-state index in [1.807, 2.05) is 17.7 Å². The number of nitrogens with zero attached hydrogens (tertiary/aromatic N) is 3. The van der Waals surface area contributed by atoms with Crippen LogP contribution in [0.1, 0.15) is 24.4 Å². The number of rotatable bonds is 4. The zero-order chi connectivity index (χ0) is 12.3. The van der Waals surface area contributed by atoms with Gasteiger partial charge >= 0.3 is 0 Å². The van der Waals surface area contributed by atoms with Gasteiger partial charge in [0.25, 0.3) is 0 Å². The lowest BCUT2D eigenvalue weighted by Crippen LogP contribution is -2.08. The van der Waals surface area contributed by atoms with Crippen molar-refractivity contribution in [3.05, 3.63) is 47.3 Å². The number of halogens is 1. The van der Waals surface area contributed by atoms with Crippen LogP contribution in [0.2, 0.25) is 5.15 Å². The van der Waals surface area contributed by atoms with E-state index in [2.05, 4.69) is 9.97 Å². The highest BCUT2D eigenvalue weighted by Crippen LogP contribution is 2.18. The van der Waals surface area contributed by atoms with Gasteiger partial charge < -0.3 is 9.67 Å². The topological polar surface area (TPSA) is 50.9 Å². The molecule has 17 heavy (non-hydrogen) atoms. The molecule has 0 aliphatic carbocycles. The van der Waals surface area contributed by atoms with Crippen LogP contribution in [0, 0.1) is 0 Å². The first-order valence-corrected chi connectivity index (χ1v) is 5.88. The van der Waals surface area contributed by atoms with E-state index in [4.69, 9.17) is 11.6 Å². The Labute approximate surface area is 105 Å². The number of hydrogen-bond acceptors (Lipinski definition) is 3. The minimum atomic E-state index is -0.604. The molecule has 0 fully saturated rings. The molecule has 2 rings (SSSR count). The van der Waals surface area contributed by atoms with Crippen molar-refractivity contribution < 1.29 is 5.11 Å². The summed E-state index contributed by atoms with van der Waals surface area (Å²) in [6.45, 7) is 2.89. The number of aryl methyl sites for hydroxylation is 1. The molecule has 1 atom stereocenters. The summed E-state index contributed by atoms with van der Waals surface area (Å²) < 4.78 is 2.01. The molecular formula is C12H14ClN3O. The molecule has 0 spiro atoms. The Morgan fingerprint density at radius 3 is 2.88 bits per heavy atom. The maximum Gasteiger partial charge on any atom is 0.129 e. The number of hydrogen-bond donors (Lipinski definition) is 1. The van der Waals surface area contributed by atoms with Gasteiger partial charge in [-0.3, -0.25) is 0 Å². The second-order valence-electron chi connectivity index (χ2n) is 3.76. The summed E-state index contributed by atoms with van der Waals surface area (Å²) in [5, 5.41) is 10.5. The van der Waals surface area contributed by atoms with Crippen LogP contribution in [0.15, 0.2) is 30.7 Å². The van der Waals surface area contributed by atoms with Crippen molar-refractivity contribution in [2.45, 2.75) is 26.0 Å².